The minimum atomic E-state index is -0.396. The van der Waals surface area contributed by atoms with Gasteiger partial charge in [-0.3, -0.25) is 0 Å². The zero-order chi connectivity index (χ0) is 15.2. The highest BCUT2D eigenvalue weighted by Gasteiger charge is 2.12. The minimum Gasteiger partial charge on any atom is -0.494 e. The molecule has 0 aliphatic rings. The third kappa shape index (κ3) is 3.74. The summed E-state index contributed by atoms with van der Waals surface area (Å²) >= 11 is 3.45. The number of hydrogen-bond acceptors (Lipinski definition) is 3. The molecule has 0 unspecified atom stereocenters. The molecule has 21 heavy (non-hydrogen) atoms. The van der Waals surface area contributed by atoms with Gasteiger partial charge >= 0.3 is 0 Å². The van der Waals surface area contributed by atoms with E-state index in [-0.39, 0.29) is 12.4 Å². The maximum atomic E-state index is 14.1. The standard InChI is InChI=1S/C16H17BrFNO2/c1-20-14-7-3-5-12(15(14)18)10-21-16-11(8-9-19)4-2-6-13(16)17/h2-7H,8-10,19H2,1H3. The molecule has 2 rings (SSSR count). The lowest BCUT2D eigenvalue weighted by atomic mass is 10.1. The van der Waals surface area contributed by atoms with Crippen LogP contribution in [0, 0.1) is 5.82 Å². The normalized spacial score (nSPS) is 10.5. The zero-order valence-corrected chi connectivity index (χ0v) is 13.3. The third-order valence-electron chi connectivity index (χ3n) is 3.10. The van der Waals surface area contributed by atoms with E-state index in [4.69, 9.17) is 15.2 Å². The maximum Gasteiger partial charge on any atom is 0.171 e. The first-order valence-corrected chi connectivity index (χ1v) is 7.38. The Labute approximate surface area is 132 Å². The van der Waals surface area contributed by atoms with Gasteiger partial charge in [-0.1, -0.05) is 24.3 Å². The molecule has 0 radical (unpaired) electrons. The lowest BCUT2D eigenvalue weighted by molar-refractivity contribution is 0.291. The summed E-state index contributed by atoms with van der Waals surface area (Å²) in [6.45, 7) is 0.656. The van der Waals surface area contributed by atoms with Gasteiger partial charge in [0.2, 0.25) is 0 Å². The van der Waals surface area contributed by atoms with Crippen molar-refractivity contribution >= 4 is 15.9 Å². The minimum absolute atomic E-state index is 0.128. The highest BCUT2D eigenvalue weighted by molar-refractivity contribution is 9.10. The second-order valence-electron chi connectivity index (χ2n) is 4.49. The number of para-hydroxylation sites is 1. The highest BCUT2D eigenvalue weighted by Crippen LogP contribution is 2.31. The van der Waals surface area contributed by atoms with Gasteiger partial charge in [-0.15, -0.1) is 0 Å². The van der Waals surface area contributed by atoms with Crippen LogP contribution in [0.4, 0.5) is 4.39 Å². The molecule has 0 aliphatic heterocycles. The average Bonchev–Trinajstić information content (AvgIpc) is 2.48. The van der Waals surface area contributed by atoms with E-state index in [0.717, 1.165) is 10.0 Å². The van der Waals surface area contributed by atoms with Crippen LogP contribution in [0.25, 0.3) is 0 Å². The van der Waals surface area contributed by atoms with E-state index in [1.807, 2.05) is 18.2 Å². The van der Waals surface area contributed by atoms with Crippen molar-refractivity contribution in [1.82, 2.24) is 0 Å². The van der Waals surface area contributed by atoms with E-state index in [0.29, 0.717) is 24.3 Å². The van der Waals surface area contributed by atoms with Crippen molar-refractivity contribution < 1.29 is 13.9 Å². The summed E-state index contributed by atoms with van der Waals surface area (Å²) in [5.41, 5.74) is 7.04. The molecule has 5 heteroatoms. The first-order valence-electron chi connectivity index (χ1n) is 6.59. The molecule has 0 saturated heterocycles. The summed E-state index contributed by atoms with van der Waals surface area (Å²) < 4.78 is 25.7. The van der Waals surface area contributed by atoms with Crippen molar-refractivity contribution in [2.45, 2.75) is 13.0 Å². The molecule has 0 spiro atoms. The maximum absolute atomic E-state index is 14.1. The lowest BCUT2D eigenvalue weighted by Crippen LogP contribution is -2.06. The van der Waals surface area contributed by atoms with Crippen LogP contribution in [0.1, 0.15) is 11.1 Å². The molecule has 0 amide bonds. The Morgan fingerprint density at radius 3 is 2.57 bits per heavy atom. The van der Waals surface area contributed by atoms with Gasteiger partial charge in [0, 0.05) is 5.56 Å². The predicted octanol–water partition coefficient (Wildman–Crippen LogP) is 3.68. The van der Waals surface area contributed by atoms with Crippen LogP contribution in [0.2, 0.25) is 0 Å². The second kappa shape index (κ2) is 7.43. The average molecular weight is 354 g/mol. The molecule has 0 heterocycles. The monoisotopic (exact) mass is 353 g/mol. The van der Waals surface area contributed by atoms with Crippen molar-refractivity contribution in [3.05, 3.63) is 57.8 Å². The first-order chi connectivity index (χ1) is 10.2. The molecule has 112 valence electrons. The van der Waals surface area contributed by atoms with Crippen molar-refractivity contribution in [1.29, 1.82) is 0 Å². The molecule has 3 nitrogen and oxygen atoms in total. The number of benzene rings is 2. The number of halogens is 2. The molecule has 0 fully saturated rings. The molecule has 0 saturated carbocycles. The molecule has 0 atom stereocenters. The van der Waals surface area contributed by atoms with E-state index in [1.165, 1.54) is 7.11 Å². The molecule has 2 aromatic carbocycles. The SMILES string of the molecule is COc1cccc(COc2c(Br)cccc2CCN)c1F. The fourth-order valence-electron chi connectivity index (χ4n) is 2.04. The predicted molar refractivity (Wildman–Crippen MR) is 84.2 cm³/mol. The van der Waals surface area contributed by atoms with E-state index in [9.17, 15) is 4.39 Å². The number of nitrogens with two attached hydrogens (primary N) is 1. The summed E-state index contributed by atoms with van der Waals surface area (Å²) in [7, 11) is 1.44. The van der Waals surface area contributed by atoms with E-state index in [2.05, 4.69) is 15.9 Å². The van der Waals surface area contributed by atoms with E-state index >= 15 is 0 Å². The van der Waals surface area contributed by atoms with Crippen LogP contribution >= 0.6 is 15.9 Å². The zero-order valence-electron chi connectivity index (χ0n) is 11.7. The second-order valence-corrected chi connectivity index (χ2v) is 5.34. The van der Waals surface area contributed by atoms with Gasteiger partial charge in [0.05, 0.1) is 11.6 Å². The van der Waals surface area contributed by atoms with E-state index in [1.54, 1.807) is 18.2 Å². The lowest BCUT2D eigenvalue weighted by Gasteiger charge is -2.14. The number of rotatable bonds is 6. The first kappa shape index (κ1) is 15.8. The van der Waals surface area contributed by atoms with Gasteiger partial charge in [-0.2, -0.15) is 0 Å². The van der Waals surface area contributed by atoms with Gasteiger partial charge in [0.1, 0.15) is 12.4 Å². The quantitative estimate of drug-likeness (QED) is 0.861. The Morgan fingerprint density at radius 2 is 1.86 bits per heavy atom. The van der Waals surface area contributed by atoms with Crippen LogP contribution in [-0.2, 0) is 13.0 Å². The van der Waals surface area contributed by atoms with Crippen molar-refractivity contribution in [3.63, 3.8) is 0 Å². The van der Waals surface area contributed by atoms with Crippen LogP contribution in [0.5, 0.6) is 11.5 Å². The fourth-order valence-corrected chi connectivity index (χ4v) is 2.56. The molecule has 0 bridgehead atoms. The number of ether oxygens (including phenoxy) is 2. The summed E-state index contributed by atoms with van der Waals surface area (Å²) in [4.78, 5) is 0. The highest BCUT2D eigenvalue weighted by atomic mass is 79.9. The Hall–Kier alpha value is -1.59. The van der Waals surface area contributed by atoms with Crippen LogP contribution in [-0.4, -0.2) is 13.7 Å². The largest absolute Gasteiger partial charge is 0.494 e. The third-order valence-corrected chi connectivity index (χ3v) is 3.72. The van der Waals surface area contributed by atoms with Crippen molar-refractivity contribution in [2.75, 3.05) is 13.7 Å². The van der Waals surface area contributed by atoms with Gasteiger partial charge < -0.3 is 15.2 Å². The van der Waals surface area contributed by atoms with Crippen LogP contribution in [0.3, 0.4) is 0 Å². The molecule has 0 aromatic heterocycles. The van der Waals surface area contributed by atoms with E-state index < -0.39 is 5.82 Å². The van der Waals surface area contributed by atoms with Gasteiger partial charge in [0.25, 0.3) is 0 Å². The Balaban J connectivity index is 2.20. The molecule has 0 aliphatic carbocycles. The summed E-state index contributed by atoms with van der Waals surface area (Å²) in [6, 6.07) is 10.8. The fraction of sp³-hybridized carbons (Fsp3) is 0.250. The Kier molecular flexibility index (Phi) is 5.59. The van der Waals surface area contributed by atoms with Gasteiger partial charge in [0.15, 0.2) is 11.6 Å². The van der Waals surface area contributed by atoms with Crippen LogP contribution < -0.4 is 15.2 Å². The molecule has 2 aromatic rings. The Bertz CT molecular complexity index is 619. The van der Waals surface area contributed by atoms with Gasteiger partial charge in [-0.25, -0.2) is 4.39 Å². The topological polar surface area (TPSA) is 44.5 Å². The molecular weight excluding hydrogens is 337 g/mol. The van der Waals surface area contributed by atoms with Gasteiger partial charge in [-0.05, 0) is 46.6 Å². The number of hydrogen-bond donors (Lipinski definition) is 1. The van der Waals surface area contributed by atoms with Crippen LogP contribution in [0.15, 0.2) is 40.9 Å². The summed E-state index contributed by atoms with van der Waals surface area (Å²) in [5.74, 6) is 0.517. The number of methoxy groups -OCH3 is 1. The summed E-state index contributed by atoms with van der Waals surface area (Å²) in [6.07, 6.45) is 0.704. The molecular formula is C16H17BrFNO2. The Morgan fingerprint density at radius 1 is 1.14 bits per heavy atom. The van der Waals surface area contributed by atoms with Crippen molar-refractivity contribution in [3.8, 4) is 11.5 Å². The summed E-state index contributed by atoms with van der Waals surface area (Å²) in [5, 5.41) is 0. The smallest absolute Gasteiger partial charge is 0.171 e. The van der Waals surface area contributed by atoms with Crippen molar-refractivity contribution in [2.24, 2.45) is 5.73 Å². The molecule has 2 N–H and O–H groups in total.